The van der Waals surface area contributed by atoms with Gasteiger partial charge in [-0.15, -0.1) is 0 Å². The van der Waals surface area contributed by atoms with E-state index in [1.54, 1.807) is 32.4 Å². The molecule has 1 aromatic heterocycles. The number of carbonyl (C=O) groups is 1. The summed E-state index contributed by atoms with van der Waals surface area (Å²) < 4.78 is 10.6. The van der Waals surface area contributed by atoms with Crippen molar-refractivity contribution in [2.24, 2.45) is 5.92 Å². The summed E-state index contributed by atoms with van der Waals surface area (Å²) in [6.07, 6.45) is 4.21. The van der Waals surface area contributed by atoms with Crippen LogP contribution in [0, 0.1) is 5.92 Å². The van der Waals surface area contributed by atoms with Crippen LogP contribution in [0.25, 0.3) is 0 Å². The summed E-state index contributed by atoms with van der Waals surface area (Å²) in [7, 11) is 3.17. The number of methoxy groups -OCH3 is 2. The largest absolute Gasteiger partial charge is 0.497 e. The molecule has 1 aromatic carbocycles. The minimum absolute atomic E-state index is 0.00300. The number of aromatic amines is 1. The Labute approximate surface area is 152 Å². The van der Waals surface area contributed by atoms with Crippen LogP contribution < -0.4 is 9.47 Å². The number of aromatic nitrogens is 3. The minimum atomic E-state index is 0.00300. The number of nitrogens with zero attached hydrogens (tertiary/aromatic N) is 3. The molecule has 26 heavy (non-hydrogen) atoms. The summed E-state index contributed by atoms with van der Waals surface area (Å²) in [6, 6.07) is 5.30. The fraction of sp³-hybridized carbons (Fsp3) is 0.526. The maximum absolute atomic E-state index is 12.9. The molecule has 1 aliphatic carbocycles. The van der Waals surface area contributed by atoms with E-state index in [1.165, 1.54) is 12.8 Å². The summed E-state index contributed by atoms with van der Waals surface area (Å²) in [6.45, 7) is 1.48. The van der Waals surface area contributed by atoms with E-state index >= 15 is 0 Å². The van der Waals surface area contributed by atoms with E-state index in [1.807, 2.05) is 4.90 Å². The van der Waals surface area contributed by atoms with Crippen molar-refractivity contribution < 1.29 is 14.3 Å². The Morgan fingerprint density at radius 1 is 1.27 bits per heavy atom. The zero-order chi connectivity index (χ0) is 18.1. The number of hydrogen-bond acceptors (Lipinski definition) is 5. The average Bonchev–Trinajstić information content (AvgIpc) is 3.24. The van der Waals surface area contributed by atoms with Crippen molar-refractivity contribution >= 4 is 5.91 Å². The molecule has 0 bridgehead atoms. The van der Waals surface area contributed by atoms with E-state index < -0.39 is 0 Å². The van der Waals surface area contributed by atoms with Crippen molar-refractivity contribution in [1.82, 2.24) is 20.1 Å². The van der Waals surface area contributed by atoms with E-state index in [0.717, 1.165) is 37.6 Å². The van der Waals surface area contributed by atoms with Gasteiger partial charge in [-0.25, -0.2) is 4.98 Å². The van der Waals surface area contributed by atoms with E-state index in [-0.39, 0.29) is 5.91 Å². The van der Waals surface area contributed by atoms with Crippen molar-refractivity contribution in [2.45, 2.75) is 31.6 Å². The van der Waals surface area contributed by atoms with E-state index in [0.29, 0.717) is 28.9 Å². The summed E-state index contributed by atoms with van der Waals surface area (Å²) >= 11 is 0. The molecule has 138 valence electrons. The Morgan fingerprint density at radius 3 is 2.85 bits per heavy atom. The van der Waals surface area contributed by atoms with Gasteiger partial charge in [0, 0.05) is 31.5 Å². The van der Waals surface area contributed by atoms with Gasteiger partial charge in [0.25, 0.3) is 5.91 Å². The van der Waals surface area contributed by atoms with Crippen LogP contribution in [0.3, 0.4) is 0 Å². The second-order valence-electron chi connectivity index (χ2n) is 7.09. The van der Waals surface area contributed by atoms with Crippen LogP contribution in [-0.4, -0.2) is 53.3 Å². The SMILES string of the molecule is COc1ccc(C(=O)N2CCC(Cc3nc(C4CC4)n[nH]3)C2)c(OC)c1. The first-order valence-corrected chi connectivity index (χ1v) is 9.10. The Hall–Kier alpha value is -2.57. The van der Waals surface area contributed by atoms with Crippen LogP contribution in [0.4, 0.5) is 0 Å². The van der Waals surface area contributed by atoms with Gasteiger partial charge in [-0.3, -0.25) is 9.89 Å². The highest BCUT2D eigenvalue weighted by Gasteiger charge is 2.31. The number of ether oxygens (including phenoxy) is 2. The van der Waals surface area contributed by atoms with Crippen LogP contribution in [-0.2, 0) is 6.42 Å². The summed E-state index contributed by atoms with van der Waals surface area (Å²) in [5.41, 5.74) is 0.574. The average molecular weight is 356 g/mol. The van der Waals surface area contributed by atoms with Crippen molar-refractivity contribution in [1.29, 1.82) is 0 Å². The number of H-pyrrole nitrogens is 1. The molecule has 4 rings (SSSR count). The third-order valence-corrected chi connectivity index (χ3v) is 5.19. The molecule has 1 aliphatic heterocycles. The van der Waals surface area contributed by atoms with Gasteiger partial charge in [0.1, 0.15) is 17.3 Å². The van der Waals surface area contributed by atoms with Gasteiger partial charge in [-0.1, -0.05) is 0 Å². The summed E-state index contributed by atoms with van der Waals surface area (Å²) in [4.78, 5) is 19.4. The van der Waals surface area contributed by atoms with E-state index in [4.69, 9.17) is 9.47 Å². The van der Waals surface area contributed by atoms with Gasteiger partial charge in [0.15, 0.2) is 5.82 Å². The summed E-state index contributed by atoms with van der Waals surface area (Å²) in [5.74, 6) is 4.08. The van der Waals surface area contributed by atoms with Gasteiger partial charge in [0.05, 0.1) is 19.8 Å². The normalized spacial score (nSPS) is 19.6. The van der Waals surface area contributed by atoms with Gasteiger partial charge in [0.2, 0.25) is 0 Å². The number of likely N-dealkylation sites (tertiary alicyclic amines) is 1. The molecule has 1 atom stereocenters. The predicted octanol–water partition coefficient (Wildman–Crippen LogP) is 2.40. The lowest BCUT2D eigenvalue weighted by atomic mass is 10.0. The lowest BCUT2D eigenvalue weighted by Gasteiger charge is -2.18. The number of carbonyl (C=O) groups excluding carboxylic acids is 1. The van der Waals surface area contributed by atoms with E-state index in [9.17, 15) is 4.79 Å². The molecule has 0 spiro atoms. The molecule has 2 aliphatic rings. The Kier molecular flexibility index (Phi) is 4.53. The van der Waals surface area contributed by atoms with Crippen LogP contribution in [0.15, 0.2) is 18.2 Å². The molecule has 1 amide bonds. The number of hydrogen-bond donors (Lipinski definition) is 1. The van der Waals surface area contributed by atoms with Crippen LogP contribution in [0.5, 0.6) is 11.5 Å². The lowest BCUT2D eigenvalue weighted by molar-refractivity contribution is 0.0783. The molecule has 1 saturated carbocycles. The Morgan fingerprint density at radius 2 is 2.12 bits per heavy atom. The Bertz CT molecular complexity index is 800. The molecule has 2 aromatic rings. The standard InChI is InChI=1S/C19H24N4O3/c1-25-14-5-6-15(16(10-14)26-2)19(24)23-8-7-12(11-23)9-17-20-18(22-21-17)13-3-4-13/h5-6,10,12-13H,3-4,7-9,11H2,1-2H3,(H,20,21,22). The van der Waals surface area contributed by atoms with Gasteiger partial charge in [-0.2, -0.15) is 5.10 Å². The third kappa shape index (κ3) is 3.38. The highest BCUT2D eigenvalue weighted by atomic mass is 16.5. The first-order chi connectivity index (χ1) is 12.7. The zero-order valence-corrected chi connectivity index (χ0v) is 15.2. The second kappa shape index (κ2) is 6.97. The van der Waals surface area contributed by atoms with Gasteiger partial charge < -0.3 is 14.4 Å². The van der Waals surface area contributed by atoms with Crippen LogP contribution in [0.1, 0.15) is 47.2 Å². The molecular weight excluding hydrogens is 332 g/mol. The quantitative estimate of drug-likeness (QED) is 0.860. The zero-order valence-electron chi connectivity index (χ0n) is 15.2. The number of rotatable bonds is 6. The molecule has 7 nitrogen and oxygen atoms in total. The maximum atomic E-state index is 12.9. The van der Waals surface area contributed by atoms with Crippen molar-refractivity contribution in [3.63, 3.8) is 0 Å². The minimum Gasteiger partial charge on any atom is -0.497 e. The first kappa shape index (κ1) is 16.9. The lowest BCUT2D eigenvalue weighted by Crippen LogP contribution is -2.29. The summed E-state index contributed by atoms with van der Waals surface area (Å²) in [5, 5.41) is 7.38. The molecule has 1 saturated heterocycles. The highest BCUT2D eigenvalue weighted by molar-refractivity contribution is 5.97. The second-order valence-corrected chi connectivity index (χ2v) is 7.09. The number of benzene rings is 1. The number of nitrogens with one attached hydrogen (secondary N) is 1. The molecule has 7 heteroatoms. The van der Waals surface area contributed by atoms with Gasteiger partial charge >= 0.3 is 0 Å². The molecule has 2 fully saturated rings. The van der Waals surface area contributed by atoms with Crippen molar-refractivity contribution in [2.75, 3.05) is 27.3 Å². The van der Waals surface area contributed by atoms with Crippen LogP contribution in [0.2, 0.25) is 0 Å². The predicted molar refractivity (Wildman–Crippen MR) is 95.6 cm³/mol. The first-order valence-electron chi connectivity index (χ1n) is 9.10. The molecule has 2 heterocycles. The smallest absolute Gasteiger partial charge is 0.257 e. The van der Waals surface area contributed by atoms with Crippen molar-refractivity contribution in [3.05, 3.63) is 35.4 Å². The number of amides is 1. The van der Waals surface area contributed by atoms with Crippen LogP contribution >= 0.6 is 0 Å². The molecule has 1 N–H and O–H groups in total. The third-order valence-electron chi connectivity index (χ3n) is 5.19. The van der Waals surface area contributed by atoms with Crippen molar-refractivity contribution in [3.8, 4) is 11.5 Å². The maximum Gasteiger partial charge on any atom is 0.257 e. The van der Waals surface area contributed by atoms with E-state index in [2.05, 4.69) is 15.2 Å². The Balaban J connectivity index is 1.40. The molecular formula is C19H24N4O3. The van der Waals surface area contributed by atoms with Gasteiger partial charge in [-0.05, 0) is 37.3 Å². The fourth-order valence-corrected chi connectivity index (χ4v) is 3.53. The molecule has 0 radical (unpaired) electrons. The fourth-order valence-electron chi connectivity index (χ4n) is 3.53. The monoisotopic (exact) mass is 356 g/mol. The molecule has 1 unspecified atom stereocenters. The topological polar surface area (TPSA) is 80.3 Å². The highest BCUT2D eigenvalue weighted by Crippen LogP contribution is 2.38.